The lowest BCUT2D eigenvalue weighted by Crippen LogP contribution is -2.38. The third-order valence-corrected chi connectivity index (χ3v) is 3.25. The largest absolute Gasteiger partial charge is 0.396 e. The Labute approximate surface area is 93.9 Å². The Balaban J connectivity index is 1.94. The highest BCUT2D eigenvalue weighted by molar-refractivity contribution is 4.72. The van der Waals surface area contributed by atoms with Gasteiger partial charge >= 0.3 is 0 Å². The maximum atomic E-state index is 8.61. The second-order valence-corrected chi connectivity index (χ2v) is 4.56. The third-order valence-electron chi connectivity index (χ3n) is 3.25. The standard InChI is InChI=1S/C12H26N2O/c1-12-6-2-3-9-14(12)10-4-7-13-8-5-11-15/h12-13,15H,2-11H2,1H3. The third kappa shape index (κ3) is 5.50. The van der Waals surface area contributed by atoms with Crippen LogP contribution in [-0.2, 0) is 0 Å². The van der Waals surface area contributed by atoms with Crippen molar-refractivity contribution in [3.8, 4) is 0 Å². The number of piperidine rings is 1. The molecule has 1 aliphatic rings. The summed E-state index contributed by atoms with van der Waals surface area (Å²) in [5.41, 5.74) is 0. The molecule has 0 aliphatic carbocycles. The van der Waals surface area contributed by atoms with Gasteiger partial charge in [-0.2, -0.15) is 0 Å². The summed E-state index contributed by atoms with van der Waals surface area (Å²) in [5.74, 6) is 0. The first-order valence-corrected chi connectivity index (χ1v) is 6.40. The van der Waals surface area contributed by atoms with Crippen LogP contribution in [0.2, 0.25) is 0 Å². The van der Waals surface area contributed by atoms with Crippen LogP contribution in [0.5, 0.6) is 0 Å². The summed E-state index contributed by atoms with van der Waals surface area (Å²) in [4.78, 5) is 2.61. The van der Waals surface area contributed by atoms with Crippen molar-refractivity contribution >= 4 is 0 Å². The highest BCUT2D eigenvalue weighted by Gasteiger charge is 2.16. The van der Waals surface area contributed by atoms with Crippen LogP contribution in [0.3, 0.4) is 0 Å². The van der Waals surface area contributed by atoms with Gasteiger partial charge in [-0.05, 0) is 58.8 Å². The van der Waals surface area contributed by atoms with Gasteiger partial charge in [0.2, 0.25) is 0 Å². The summed E-state index contributed by atoms with van der Waals surface area (Å²) in [6.07, 6.45) is 6.27. The lowest BCUT2D eigenvalue weighted by atomic mass is 10.0. The second-order valence-electron chi connectivity index (χ2n) is 4.56. The number of hydrogen-bond acceptors (Lipinski definition) is 3. The number of aliphatic hydroxyl groups excluding tert-OH is 1. The van der Waals surface area contributed by atoms with Crippen LogP contribution in [-0.4, -0.2) is 48.8 Å². The van der Waals surface area contributed by atoms with E-state index in [0.717, 1.165) is 25.6 Å². The van der Waals surface area contributed by atoms with Gasteiger partial charge in [-0.25, -0.2) is 0 Å². The topological polar surface area (TPSA) is 35.5 Å². The molecule has 0 spiro atoms. The number of likely N-dealkylation sites (tertiary alicyclic amines) is 1. The molecule has 0 amide bonds. The summed E-state index contributed by atoms with van der Waals surface area (Å²) >= 11 is 0. The van der Waals surface area contributed by atoms with Crippen LogP contribution in [0, 0.1) is 0 Å². The van der Waals surface area contributed by atoms with E-state index in [9.17, 15) is 0 Å². The molecule has 1 aliphatic heterocycles. The molecule has 0 aromatic heterocycles. The van der Waals surface area contributed by atoms with Crippen molar-refractivity contribution in [2.75, 3.05) is 32.8 Å². The molecule has 2 N–H and O–H groups in total. The van der Waals surface area contributed by atoms with E-state index in [4.69, 9.17) is 5.11 Å². The van der Waals surface area contributed by atoms with Crippen LogP contribution in [0.15, 0.2) is 0 Å². The average molecular weight is 214 g/mol. The van der Waals surface area contributed by atoms with Crippen LogP contribution in [0.4, 0.5) is 0 Å². The Morgan fingerprint density at radius 2 is 2.07 bits per heavy atom. The molecular formula is C12H26N2O. The molecule has 0 aromatic carbocycles. The van der Waals surface area contributed by atoms with Crippen molar-refractivity contribution in [3.63, 3.8) is 0 Å². The lowest BCUT2D eigenvalue weighted by molar-refractivity contribution is 0.159. The molecule has 3 heteroatoms. The van der Waals surface area contributed by atoms with E-state index in [1.54, 1.807) is 0 Å². The summed E-state index contributed by atoms with van der Waals surface area (Å²) in [7, 11) is 0. The molecule has 0 bridgehead atoms. The van der Waals surface area contributed by atoms with Gasteiger partial charge in [-0.3, -0.25) is 0 Å². The predicted molar refractivity (Wildman–Crippen MR) is 64.1 cm³/mol. The number of nitrogens with zero attached hydrogens (tertiary/aromatic N) is 1. The normalized spacial score (nSPS) is 23.2. The molecule has 0 aromatic rings. The number of rotatable bonds is 7. The molecule has 3 nitrogen and oxygen atoms in total. The maximum absolute atomic E-state index is 8.61. The average Bonchev–Trinajstić information content (AvgIpc) is 2.25. The molecule has 1 rings (SSSR count). The number of aliphatic hydroxyl groups is 1. The summed E-state index contributed by atoms with van der Waals surface area (Å²) < 4.78 is 0. The van der Waals surface area contributed by atoms with Crippen molar-refractivity contribution in [2.45, 2.75) is 45.1 Å². The zero-order valence-corrected chi connectivity index (χ0v) is 10.0. The minimum absolute atomic E-state index is 0.302. The first kappa shape index (κ1) is 12.9. The van der Waals surface area contributed by atoms with E-state index in [1.165, 1.54) is 38.8 Å². The Bertz CT molecular complexity index is 153. The van der Waals surface area contributed by atoms with Crippen LogP contribution >= 0.6 is 0 Å². The van der Waals surface area contributed by atoms with E-state index in [1.807, 2.05) is 0 Å². The minimum Gasteiger partial charge on any atom is -0.396 e. The summed E-state index contributed by atoms with van der Waals surface area (Å²) in [6, 6.07) is 0.788. The Kier molecular flexibility index (Phi) is 6.98. The van der Waals surface area contributed by atoms with Crippen LogP contribution in [0.25, 0.3) is 0 Å². The van der Waals surface area contributed by atoms with Gasteiger partial charge in [0.25, 0.3) is 0 Å². The summed E-state index contributed by atoms with van der Waals surface area (Å²) in [6.45, 7) is 7.20. The van der Waals surface area contributed by atoms with E-state index in [0.29, 0.717) is 6.61 Å². The van der Waals surface area contributed by atoms with Gasteiger partial charge < -0.3 is 15.3 Å². The van der Waals surface area contributed by atoms with Gasteiger partial charge in [0, 0.05) is 12.6 Å². The lowest BCUT2D eigenvalue weighted by Gasteiger charge is -2.33. The summed E-state index contributed by atoms with van der Waals surface area (Å²) in [5, 5.41) is 12.0. The van der Waals surface area contributed by atoms with E-state index in [-0.39, 0.29) is 0 Å². The Morgan fingerprint density at radius 3 is 2.80 bits per heavy atom. The molecule has 90 valence electrons. The molecule has 1 saturated heterocycles. The minimum atomic E-state index is 0.302. The van der Waals surface area contributed by atoms with E-state index in [2.05, 4.69) is 17.1 Å². The Morgan fingerprint density at radius 1 is 1.27 bits per heavy atom. The molecular weight excluding hydrogens is 188 g/mol. The maximum Gasteiger partial charge on any atom is 0.0443 e. The fourth-order valence-corrected chi connectivity index (χ4v) is 2.23. The van der Waals surface area contributed by atoms with Crippen LogP contribution in [0.1, 0.15) is 39.0 Å². The van der Waals surface area contributed by atoms with Crippen molar-refractivity contribution in [3.05, 3.63) is 0 Å². The Hall–Kier alpha value is -0.120. The molecule has 15 heavy (non-hydrogen) atoms. The predicted octanol–water partition coefficient (Wildman–Crippen LogP) is 1.22. The highest BCUT2D eigenvalue weighted by atomic mass is 16.3. The van der Waals surface area contributed by atoms with Crippen molar-refractivity contribution in [1.29, 1.82) is 0 Å². The first-order valence-electron chi connectivity index (χ1n) is 6.40. The molecule has 0 radical (unpaired) electrons. The zero-order valence-electron chi connectivity index (χ0n) is 10.0. The smallest absolute Gasteiger partial charge is 0.0443 e. The molecule has 0 saturated carbocycles. The zero-order chi connectivity index (χ0) is 10.9. The molecule has 1 heterocycles. The van der Waals surface area contributed by atoms with Crippen LogP contribution < -0.4 is 5.32 Å². The van der Waals surface area contributed by atoms with Gasteiger partial charge in [0.15, 0.2) is 0 Å². The molecule has 1 unspecified atom stereocenters. The molecule has 1 atom stereocenters. The molecule has 1 fully saturated rings. The second kappa shape index (κ2) is 8.08. The number of hydrogen-bond donors (Lipinski definition) is 2. The van der Waals surface area contributed by atoms with E-state index >= 15 is 0 Å². The van der Waals surface area contributed by atoms with Gasteiger partial charge in [-0.15, -0.1) is 0 Å². The van der Waals surface area contributed by atoms with Crippen molar-refractivity contribution in [2.24, 2.45) is 0 Å². The van der Waals surface area contributed by atoms with Crippen molar-refractivity contribution in [1.82, 2.24) is 10.2 Å². The van der Waals surface area contributed by atoms with E-state index < -0.39 is 0 Å². The first-order chi connectivity index (χ1) is 7.34. The van der Waals surface area contributed by atoms with Crippen molar-refractivity contribution < 1.29 is 5.11 Å². The van der Waals surface area contributed by atoms with Gasteiger partial charge in [0.1, 0.15) is 0 Å². The fourth-order valence-electron chi connectivity index (χ4n) is 2.23. The quantitative estimate of drug-likeness (QED) is 0.626. The fraction of sp³-hybridized carbons (Fsp3) is 1.00. The monoisotopic (exact) mass is 214 g/mol. The van der Waals surface area contributed by atoms with Gasteiger partial charge in [-0.1, -0.05) is 6.42 Å². The highest BCUT2D eigenvalue weighted by Crippen LogP contribution is 2.15. The number of nitrogens with one attached hydrogen (secondary N) is 1. The SMILES string of the molecule is CC1CCCCN1CCCNCCCO. The van der Waals surface area contributed by atoms with Gasteiger partial charge in [0.05, 0.1) is 0 Å².